The lowest BCUT2D eigenvalue weighted by atomic mass is 9.89. The second-order valence-electron chi connectivity index (χ2n) is 8.56. The van der Waals surface area contributed by atoms with Gasteiger partial charge in [0.25, 0.3) is 5.56 Å². The number of hydrogen-bond acceptors (Lipinski definition) is 7. The van der Waals surface area contributed by atoms with Crippen LogP contribution in [0.15, 0.2) is 93.5 Å². The maximum Gasteiger partial charge on any atom is 0.337 e. The number of rotatable bonds is 5. The van der Waals surface area contributed by atoms with Gasteiger partial charge in [-0.1, -0.05) is 65.7 Å². The molecule has 5 rings (SSSR count). The molecule has 0 radical (unpaired) electrons. The molecule has 0 fully saturated rings. The summed E-state index contributed by atoms with van der Waals surface area (Å²) >= 11 is 13.1. The van der Waals surface area contributed by atoms with Gasteiger partial charge in [-0.3, -0.25) is 9.36 Å². The van der Waals surface area contributed by atoms with Crippen LogP contribution in [0.2, 0.25) is 10.0 Å². The van der Waals surface area contributed by atoms with Gasteiger partial charge in [0, 0.05) is 10.0 Å². The van der Waals surface area contributed by atoms with Crippen molar-refractivity contribution in [3.8, 4) is 0 Å². The normalized spacial score (nSPS) is 15.8. The van der Waals surface area contributed by atoms with Crippen molar-refractivity contribution in [2.24, 2.45) is 5.73 Å². The van der Waals surface area contributed by atoms with E-state index < -0.39 is 27.3 Å². The van der Waals surface area contributed by atoms with Gasteiger partial charge in [-0.25, -0.2) is 13.2 Å². The Kier molecular flexibility index (Phi) is 7.26. The second-order valence-corrected chi connectivity index (χ2v) is 12.4. The van der Waals surface area contributed by atoms with Crippen LogP contribution in [-0.2, 0) is 19.4 Å². The van der Waals surface area contributed by atoms with E-state index in [4.69, 9.17) is 33.7 Å². The van der Waals surface area contributed by atoms with Crippen LogP contribution in [0.25, 0.3) is 17.5 Å². The number of nitrogens with two attached hydrogens (primary N) is 1. The van der Waals surface area contributed by atoms with E-state index >= 15 is 0 Å². The summed E-state index contributed by atoms with van der Waals surface area (Å²) in [5, 5.41) is 0.955. The third kappa shape index (κ3) is 4.83. The molecule has 0 amide bonds. The molecule has 2 heterocycles. The number of aromatic nitrogens is 1. The molecule has 0 bridgehead atoms. The van der Waals surface area contributed by atoms with Crippen molar-refractivity contribution in [2.45, 2.75) is 10.8 Å². The summed E-state index contributed by atoms with van der Waals surface area (Å²) in [6, 6.07) is 20.9. The number of nitrogens with zero attached hydrogens (tertiary/aromatic N) is 1. The average molecular weight is 600 g/mol. The van der Waals surface area contributed by atoms with Gasteiger partial charge in [-0.15, -0.1) is 11.3 Å². The van der Waals surface area contributed by atoms with Crippen LogP contribution in [0, 0.1) is 0 Å². The van der Waals surface area contributed by atoms with E-state index in [0.717, 1.165) is 15.9 Å². The Morgan fingerprint density at radius 2 is 1.56 bits per heavy atom. The molecule has 0 saturated heterocycles. The average Bonchev–Trinajstić information content (AvgIpc) is 3.25. The molecule has 0 saturated carbocycles. The third-order valence-corrected chi connectivity index (χ3v) is 9.75. The smallest absolute Gasteiger partial charge is 0.337 e. The second kappa shape index (κ2) is 10.5. The topological polar surface area (TPSA) is 108 Å². The van der Waals surface area contributed by atoms with Crippen molar-refractivity contribution in [3.63, 3.8) is 0 Å². The van der Waals surface area contributed by atoms with Gasteiger partial charge in [0.1, 0.15) is 15.4 Å². The maximum absolute atomic E-state index is 14.1. The van der Waals surface area contributed by atoms with Crippen LogP contribution >= 0.6 is 34.5 Å². The number of esters is 1. The molecule has 1 aromatic heterocycles. The van der Waals surface area contributed by atoms with Gasteiger partial charge in [0.2, 0.25) is 9.84 Å². The number of hydrogen-bond donors (Lipinski definition) is 1. The summed E-state index contributed by atoms with van der Waals surface area (Å²) in [6.45, 7) is 0. The lowest BCUT2D eigenvalue weighted by Gasteiger charge is -2.27. The zero-order valence-electron chi connectivity index (χ0n) is 20.3. The minimum atomic E-state index is -4.29. The number of thiazole rings is 1. The molecule has 198 valence electrons. The van der Waals surface area contributed by atoms with Gasteiger partial charge in [-0.2, -0.15) is 0 Å². The molecular formula is C28H20Cl2N2O5S2. The maximum atomic E-state index is 14.1. The molecule has 7 nitrogen and oxygen atoms in total. The molecule has 0 unspecified atom stereocenters. The fraction of sp³-hybridized carbons (Fsp3) is 0.0714. The molecule has 39 heavy (non-hydrogen) atoms. The number of carbonyl (C=O) groups is 1. The monoisotopic (exact) mass is 598 g/mol. The van der Waals surface area contributed by atoms with Crippen LogP contribution in [0.4, 0.5) is 0 Å². The van der Waals surface area contributed by atoms with Crippen LogP contribution in [-0.4, -0.2) is 26.1 Å². The highest BCUT2D eigenvalue weighted by molar-refractivity contribution is 7.95. The molecule has 2 N–H and O–H groups in total. The van der Waals surface area contributed by atoms with E-state index in [1.165, 1.54) is 19.2 Å². The zero-order chi connectivity index (χ0) is 27.9. The van der Waals surface area contributed by atoms with Gasteiger partial charge in [-0.05, 0) is 53.6 Å². The zero-order valence-corrected chi connectivity index (χ0v) is 23.4. The van der Waals surface area contributed by atoms with E-state index in [0.29, 0.717) is 21.2 Å². The molecule has 4 aromatic rings. The van der Waals surface area contributed by atoms with Crippen LogP contribution in [0.5, 0.6) is 0 Å². The van der Waals surface area contributed by atoms with Gasteiger partial charge >= 0.3 is 5.97 Å². The van der Waals surface area contributed by atoms with Crippen LogP contribution in [0.3, 0.4) is 0 Å². The highest BCUT2D eigenvalue weighted by atomic mass is 35.5. The summed E-state index contributed by atoms with van der Waals surface area (Å²) in [5.74, 6) is -2.25. The van der Waals surface area contributed by atoms with Crippen molar-refractivity contribution >= 4 is 67.8 Å². The van der Waals surface area contributed by atoms with E-state index in [1.54, 1.807) is 72.8 Å². The molecular weight excluding hydrogens is 579 g/mol. The summed E-state index contributed by atoms with van der Waals surface area (Å²) in [6.07, 6.45) is 1.62. The number of methoxy groups -OCH3 is 1. The first-order chi connectivity index (χ1) is 18.6. The first kappa shape index (κ1) is 27.0. The quantitative estimate of drug-likeness (QED) is 0.351. The minimum absolute atomic E-state index is 0.0265. The standard InChI is InChI=1S/C28H20Cl2N2O5S2/c1-37-28(34)23-22(17-9-13-19(30)14-10-17)24(39(35,36)20-5-3-2-4-6-20)25(31)32-26(33)21(38-27(23)32)15-16-7-11-18(29)12-8-16/h2-15,22H,31H2,1H3/b21-15+/t22-/m1/s1. The highest BCUT2D eigenvalue weighted by Crippen LogP contribution is 2.42. The van der Waals surface area contributed by atoms with E-state index in [2.05, 4.69) is 0 Å². The first-order valence-corrected chi connectivity index (χ1v) is 14.6. The lowest BCUT2D eigenvalue weighted by molar-refractivity contribution is -0.134. The Morgan fingerprint density at radius 1 is 0.974 bits per heavy atom. The predicted octanol–water partition coefficient (Wildman–Crippen LogP) is 3.73. The predicted molar refractivity (Wildman–Crippen MR) is 153 cm³/mol. The number of fused-ring (bicyclic) bond motifs is 1. The Balaban J connectivity index is 1.92. The number of carbonyl (C=O) groups excluding carboxylic acids is 1. The number of ether oxygens (including phenoxy) is 1. The molecule has 11 heteroatoms. The van der Waals surface area contributed by atoms with E-state index in [1.807, 2.05) is 0 Å². The Labute approximate surface area is 237 Å². The van der Waals surface area contributed by atoms with E-state index in [-0.39, 0.29) is 30.4 Å². The summed E-state index contributed by atoms with van der Waals surface area (Å²) in [5.41, 5.74) is 7.08. The Hall–Kier alpha value is -3.63. The van der Waals surface area contributed by atoms with Crippen molar-refractivity contribution in [1.29, 1.82) is 0 Å². The van der Waals surface area contributed by atoms with Gasteiger partial charge < -0.3 is 10.5 Å². The van der Waals surface area contributed by atoms with Crippen molar-refractivity contribution in [1.82, 2.24) is 4.57 Å². The largest absolute Gasteiger partial charge is 0.466 e. The summed E-state index contributed by atoms with van der Waals surface area (Å²) in [7, 11) is -3.10. The lowest BCUT2D eigenvalue weighted by Crippen LogP contribution is -2.41. The number of halogens is 2. The Bertz CT molecular complexity index is 1910. The molecule has 1 aliphatic heterocycles. The first-order valence-electron chi connectivity index (χ1n) is 11.5. The molecule has 1 aliphatic rings. The van der Waals surface area contributed by atoms with Crippen molar-refractivity contribution in [2.75, 3.05) is 7.11 Å². The van der Waals surface area contributed by atoms with Crippen molar-refractivity contribution < 1.29 is 17.9 Å². The number of allylic oxidation sites excluding steroid dienone is 1. The summed E-state index contributed by atoms with van der Waals surface area (Å²) < 4.78 is 34.8. The summed E-state index contributed by atoms with van der Waals surface area (Å²) in [4.78, 5) is 26.7. The molecule has 0 spiro atoms. The fourth-order valence-electron chi connectivity index (χ4n) is 4.41. The molecule has 0 aliphatic carbocycles. The third-order valence-electron chi connectivity index (χ3n) is 6.22. The number of benzene rings is 3. The van der Waals surface area contributed by atoms with E-state index in [9.17, 15) is 18.0 Å². The van der Waals surface area contributed by atoms with Gasteiger partial charge in [0.05, 0.1) is 28.0 Å². The highest BCUT2D eigenvalue weighted by Gasteiger charge is 2.42. The van der Waals surface area contributed by atoms with Crippen LogP contribution < -0.4 is 20.5 Å². The molecule has 1 atom stereocenters. The minimum Gasteiger partial charge on any atom is -0.466 e. The fourth-order valence-corrected chi connectivity index (χ4v) is 7.53. The Morgan fingerprint density at radius 3 is 2.15 bits per heavy atom. The SMILES string of the molecule is COC(=O)C1=c2s/c(=C/c3ccc(Cl)cc3)c(=O)n2C(N)=C(S(=O)(=O)c2ccccc2)[C@@H]1c1ccc(Cl)cc1. The molecule has 3 aromatic carbocycles. The van der Waals surface area contributed by atoms with Crippen molar-refractivity contribution in [3.05, 3.63) is 124 Å². The number of sulfone groups is 1. The van der Waals surface area contributed by atoms with Crippen LogP contribution in [0.1, 0.15) is 17.0 Å². The van der Waals surface area contributed by atoms with Gasteiger partial charge in [0.15, 0.2) is 0 Å².